The monoisotopic (exact) mass is 266 g/mol. The molecule has 3 aliphatic rings. The first kappa shape index (κ1) is 11.8. The van der Waals surface area contributed by atoms with Crippen molar-refractivity contribution in [2.75, 3.05) is 0 Å². The summed E-state index contributed by atoms with van der Waals surface area (Å²) in [5, 5.41) is 11.5. The van der Waals surface area contributed by atoms with E-state index in [1.807, 2.05) is 0 Å². The van der Waals surface area contributed by atoms with Gasteiger partial charge < -0.3 is 10.4 Å². The molecule has 0 spiro atoms. The first-order chi connectivity index (χ1) is 8.61. The van der Waals surface area contributed by atoms with Crippen LogP contribution in [0.1, 0.15) is 19.3 Å². The van der Waals surface area contributed by atoms with E-state index < -0.39 is 11.2 Å². The minimum Gasteiger partial charge on any atom is -0.481 e. The standard InChI is InChI=1S/C12H14N2O3S/c15-10(16)5-9-11(17)14-12(18-9)13-8-4-6-1-2-7(8)3-6/h1-2,6-9H,3-5H2,(H,15,16)(H,13,14,17). The molecule has 6 heteroatoms. The number of aliphatic imine (C=N–C) groups is 1. The second kappa shape index (κ2) is 4.42. The highest BCUT2D eigenvalue weighted by Gasteiger charge is 2.38. The van der Waals surface area contributed by atoms with Crippen LogP contribution in [-0.2, 0) is 9.59 Å². The quantitative estimate of drug-likeness (QED) is 0.747. The third-order valence-corrected chi connectivity index (χ3v) is 4.76. The Morgan fingerprint density at radius 2 is 2.33 bits per heavy atom. The highest BCUT2D eigenvalue weighted by Crippen LogP contribution is 2.41. The molecule has 3 rings (SSSR count). The molecular formula is C12H14N2O3S. The number of thioether (sulfide) groups is 1. The number of amides is 1. The molecule has 1 saturated heterocycles. The van der Waals surface area contributed by atoms with Crippen molar-refractivity contribution in [3.05, 3.63) is 12.2 Å². The van der Waals surface area contributed by atoms with Gasteiger partial charge in [-0.15, -0.1) is 0 Å². The molecule has 1 amide bonds. The van der Waals surface area contributed by atoms with Gasteiger partial charge in [0.2, 0.25) is 5.91 Å². The van der Waals surface area contributed by atoms with Crippen LogP contribution in [0.5, 0.6) is 0 Å². The van der Waals surface area contributed by atoms with Crippen LogP contribution in [0.25, 0.3) is 0 Å². The van der Waals surface area contributed by atoms with Crippen molar-refractivity contribution in [1.82, 2.24) is 5.32 Å². The number of nitrogens with zero attached hydrogens (tertiary/aromatic N) is 1. The van der Waals surface area contributed by atoms with E-state index in [-0.39, 0.29) is 18.4 Å². The van der Waals surface area contributed by atoms with Crippen LogP contribution in [0.3, 0.4) is 0 Å². The number of rotatable bonds is 3. The summed E-state index contributed by atoms with van der Waals surface area (Å²) in [4.78, 5) is 26.7. The molecule has 96 valence electrons. The number of fused-ring (bicyclic) bond motifs is 2. The minimum absolute atomic E-state index is 0.147. The number of allylic oxidation sites excluding steroid dienone is 1. The Bertz CT molecular complexity index is 460. The average Bonchev–Trinajstić information content (AvgIpc) is 2.95. The zero-order valence-electron chi connectivity index (χ0n) is 9.70. The lowest BCUT2D eigenvalue weighted by atomic mass is 10.0. The molecule has 5 nitrogen and oxygen atoms in total. The van der Waals surface area contributed by atoms with Crippen LogP contribution >= 0.6 is 11.8 Å². The molecular weight excluding hydrogens is 252 g/mol. The van der Waals surface area contributed by atoms with Gasteiger partial charge in [-0.25, -0.2) is 0 Å². The van der Waals surface area contributed by atoms with Crippen LogP contribution in [0.15, 0.2) is 17.1 Å². The van der Waals surface area contributed by atoms with E-state index in [2.05, 4.69) is 22.5 Å². The van der Waals surface area contributed by atoms with Gasteiger partial charge in [0.1, 0.15) is 5.25 Å². The first-order valence-electron chi connectivity index (χ1n) is 6.07. The fourth-order valence-electron chi connectivity index (χ4n) is 2.81. The van der Waals surface area contributed by atoms with E-state index in [4.69, 9.17) is 5.11 Å². The first-order valence-corrected chi connectivity index (χ1v) is 6.95. The molecule has 0 radical (unpaired) electrons. The fourth-order valence-corrected chi connectivity index (χ4v) is 3.83. The summed E-state index contributed by atoms with van der Waals surface area (Å²) in [5.41, 5.74) is 0. The van der Waals surface area contributed by atoms with Crippen molar-refractivity contribution in [1.29, 1.82) is 0 Å². The molecule has 1 heterocycles. The number of carboxylic acids is 1. The van der Waals surface area contributed by atoms with Crippen molar-refractivity contribution >= 4 is 28.8 Å². The number of carbonyl (C=O) groups excluding carboxylic acids is 1. The van der Waals surface area contributed by atoms with E-state index in [1.165, 1.54) is 18.2 Å². The van der Waals surface area contributed by atoms with Gasteiger partial charge in [-0.2, -0.15) is 0 Å². The van der Waals surface area contributed by atoms with Crippen molar-refractivity contribution in [3.8, 4) is 0 Å². The third kappa shape index (κ3) is 2.16. The van der Waals surface area contributed by atoms with E-state index in [9.17, 15) is 9.59 Å². The van der Waals surface area contributed by atoms with Crippen LogP contribution in [0, 0.1) is 11.8 Å². The largest absolute Gasteiger partial charge is 0.481 e. The van der Waals surface area contributed by atoms with Crippen LogP contribution in [-0.4, -0.2) is 33.4 Å². The van der Waals surface area contributed by atoms with Crippen LogP contribution in [0.4, 0.5) is 0 Å². The topological polar surface area (TPSA) is 78.8 Å². The number of amidine groups is 1. The average molecular weight is 266 g/mol. The molecule has 18 heavy (non-hydrogen) atoms. The van der Waals surface area contributed by atoms with Gasteiger partial charge >= 0.3 is 5.97 Å². The highest BCUT2D eigenvalue weighted by molar-refractivity contribution is 8.15. The molecule has 2 fully saturated rings. The molecule has 2 aliphatic carbocycles. The summed E-state index contributed by atoms with van der Waals surface area (Å²) < 4.78 is 0. The van der Waals surface area contributed by atoms with E-state index in [1.54, 1.807) is 0 Å². The van der Waals surface area contributed by atoms with Crippen molar-refractivity contribution in [3.63, 3.8) is 0 Å². The van der Waals surface area contributed by atoms with Gasteiger partial charge in [-0.1, -0.05) is 23.9 Å². The number of carboxylic acid groups (broad SMARTS) is 1. The summed E-state index contributed by atoms with van der Waals surface area (Å²) in [6, 6.07) is 0.256. The van der Waals surface area contributed by atoms with Gasteiger partial charge in [0, 0.05) is 0 Å². The smallest absolute Gasteiger partial charge is 0.305 e. The van der Waals surface area contributed by atoms with E-state index >= 15 is 0 Å². The summed E-state index contributed by atoms with van der Waals surface area (Å²) >= 11 is 1.25. The van der Waals surface area contributed by atoms with Crippen molar-refractivity contribution in [2.45, 2.75) is 30.6 Å². The van der Waals surface area contributed by atoms with Gasteiger partial charge in [-0.05, 0) is 24.7 Å². The van der Waals surface area contributed by atoms with Gasteiger partial charge in [0.25, 0.3) is 0 Å². The predicted molar refractivity (Wildman–Crippen MR) is 68.4 cm³/mol. The highest BCUT2D eigenvalue weighted by atomic mass is 32.2. The zero-order valence-corrected chi connectivity index (χ0v) is 10.5. The molecule has 1 saturated carbocycles. The second-order valence-corrected chi connectivity index (χ2v) is 6.17. The van der Waals surface area contributed by atoms with Gasteiger partial charge in [0.15, 0.2) is 5.17 Å². The molecule has 1 aliphatic heterocycles. The van der Waals surface area contributed by atoms with Crippen LogP contribution in [0.2, 0.25) is 0 Å². The molecule has 0 aromatic heterocycles. The Labute approximate surface area is 109 Å². The molecule has 2 bridgehead atoms. The maximum absolute atomic E-state index is 11.6. The van der Waals surface area contributed by atoms with Gasteiger partial charge in [-0.3, -0.25) is 14.6 Å². The molecule has 4 atom stereocenters. The summed E-state index contributed by atoms with van der Waals surface area (Å²) in [6.07, 6.45) is 6.52. The maximum atomic E-state index is 11.6. The number of carbonyl (C=O) groups is 2. The van der Waals surface area contributed by atoms with Gasteiger partial charge in [0.05, 0.1) is 12.5 Å². The van der Waals surface area contributed by atoms with Crippen molar-refractivity contribution < 1.29 is 14.7 Å². The molecule has 0 aromatic rings. The zero-order chi connectivity index (χ0) is 12.7. The lowest BCUT2D eigenvalue weighted by Gasteiger charge is -2.13. The summed E-state index contributed by atoms with van der Waals surface area (Å²) in [5.74, 6) is -0.0496. The molecule has 0 aromatic carbocycles. The Morgan fingerprint density at radius 3 is 2.94 bits per heavy atom. The normalized spacial score (nSPS) is 39.6. The predicted octanol–water partition coefficient (Wildman–Crippen LogP) is 1.01. The Hall–Kier alpha value is -1.30. The lowest BCUT2D eigenvalue weighted by molar-refractivity contribution is -0.138. The Balaban J connectivity index is 1.66. The summed E-state index contributed by atoms with van der Waals surface area (Å²) in [7, 11) is 0. The number of aliphatic carboxylic acids is 1. The number of nitrogens with one attached hydrogen (secondary N) is 1. The van der Waals surface area contributed by atoms with E-state index in [0.29, 0.717) is 17.0 Å². The lowest BCUT2D eigenvalue weighted by Crippen LogP contribution is -2.27. The SMILES string of the molecule is O=C(O)CC1SC(=NC2CC3C=CC2C3)NC1=O. The fraction of sp³-hybridized carbons (Fsp3) is 0.583. The van der Waals surface area contributed by atoms with Crippen LogP contribution < -0.4 is 5.32 Å². The minimum atomic E-state index is -0.952. The Morgan fingerprint density at radius 1 is 1.50 bits per heavy atom. The number of hydrogen-bond donors (Lipinski definition) is 2. The molecule has 4 unspecified atom stereocenters. The number of hydrogen-bond acceptors (Lipinski definition) is 4. The third-order valence-electron chi connectivity index (χ3n) is 3.66. The van der Waals surface area contributed by atoms with Crippen molar-refractivity contribution in [2.24, 2.45) is 16.8 Å². The molecule has 2 N–H and O–H groups in total. The Kier molecular flexibility index (Phi) is 2.89. The second-order valence-electron chi connectivity index (χ2n) is 4.98. The summed E-state index contributed by atoms with van der Waals surface area (Å²) in [6.45, 7) is 0. The maximum Gasteiger partial charge on any atom is 0.305 e. The van der Waals surface area contributed by atoms with E-state index in [0.717, 1.165) is 6.42 Å².